The summed E-state index contributed by atoms with van der Waals surface area (Å²) in [6.45, 7) is 13.1. The fourth-order valence-corrected chi connectivity index (χ4v) is 11.2. The van der Waals surface area contributed by atoms with Crippen LogP contribution >= 0.6 is 0 Å². The average molecular weight is 673 g/mol. The van der Waals surface area contributed by atoms with Gasteiger partial charge in [-0.25, -0.2) is 12.5 Å². The van der Waals surface area contributed by atoms with Crippen LogP contribution in [0.4, 0.5) is 0 Å². The van der Waals surface area contributed by atoms with Crippen LogP contribution in [0.1, 0.15) is 99.3 Å². The zero-order valence-electron chi connectivity index (χ0n) is 25.8. The standard InChI is InChI=1S/C28H48O12S3/c1-17(2)8-7-9-18(3)19-10-12-28(6)21-14-23(38-41(29,30)31)22-15-24(39-42(32,33)34)25(40-43(35,36)37)16-26(22,4)20(21)11-13-27(19,28)5/h11,17-19,21-25H,7-10,12-16H2,1-6H3,(H,29,30,31)(H,32,33,34)(H,35,36,37)/t18-,19-,21-,22?,23+,24+,25+,26-,27-,28+/m1/s1. The minimum atomic E-state index is -5.08. The summed E-state index contributed by atoms with van der Waals surface area (Å²) in [6.07, 6.45) is 3.86. The van der Waals surface area contributed by atoms with Crippen molar-refractivity contribution in [1.29, 1.82) is 0 Å². The van der Waals surface area contributed by atoms with E-state index in [-0.39, 0.29) is 36.0 Å². The molecule has 4 aliphatic carbocycles. The third-order valence-electron chi connectivity index (χ3n) is 11.8. The molecule has 3 N–H and O–H groups in total. The highest BCUT2D eigenvalue weighted by Crippen LogP contribution is 2.72. The van der Waals surface area contributed by atoms with Gasteiger partial charge < -0.3 is 0 Å². The van der Waals surface area contributed by atoms with Crippen LogP contribution in [0, 0.1) is 45.8 Å². The predicted octanol–water partition coefficient (Wildman–Crippen LogP) is 5.20. The summed E-state index contributed by atoms with van der Waals surface area (Å²) in [5, 5.41) is 0. The maximum atomic E-state index is 12.1. The molecule has 0 aromatic heterocycles. The lowest BCUT2D eigenvalue weighted by Crippen LogP contribution is -2.60. The van der Waals surface area contributed by atoms with E-state index < -0.39 is 60.8 Å². The Morgan fingerprint density at radius 2 is 1.37 bits per heavy atom. The monoisotopic (exact) mass is 672 g/mol. The Bertz CT molecular complexity index is 1410. The molecule has 4 rings (SSSR count). The molecule has 0 radical (unpaired) electrons. The molecular formula is C28H48O12S3. The van der Waals surface area contributed by atoms with Gasteiger partial charge in [0.05, 0.1) is 6.10 Å². The third-order valence-corrected chi connectivity index (χ3v) is 13.2. The predicted molar refractivity (Wildman–Crippen MR) is 158 cm³/mol. The van der Waals surface area contributed by atoms with Gasteiger partial charge in [0.15, 0.2) is 0 Å². The van der Waals surface area contributed by atoms with E-state index in [1.165, 1.54) is 6.42 Å². The smallest absolute Gasteiger partial charge is 0.264 e. The van der Waals surface area contributed by atoms with Crippen molar-refractivity contribution >= 4 is 31.2 Å². The zero-order chi connectivity index (χ0) is 32.4. The first-order valence-electron chi connectivity index (χ1n) is 15.2. The molecule has 0 amide bonds. The molecule has 1 unspecified atom stereocenters. The zero-order valence-corrected chi connectivity index (χ0v) is 28.3. The number of allylic oxidation sites excluding steroid dienone is 2. The number of hydrogen-bond donors (Lipinski definition) is 3. The molecule has 12 nitrogen and oxygen atoms in total. The van der Waals surface area contributed by atoms with Crippen LogP contribution in [0.3, 0.4) is 0 Å². The lowest BCUT2D eigenvalue weighted by Gasteiger charge is -2.63. The minimum absolute atomic E-state index is 0.111. The van der Waals surface area contributed by atoms with Crippen molar-refractivity contribution < 1.29 is 51.5 Å². The Labute approximate surface area is 257 Å². The molecule has 0 spiro atoms. The summed E-state index contributed by atoms with van der Waals surface area (Å²) in [6, 6.07) is 0. The number of fused-ring (bicyclic) bond motifs is 5. The van der Waals surface area contributed by atoms with Gasteiger partial charge in [0.25, 0.3) is 0 Å². The molecule has 3 fully saturated rings. The molecule has 0 aliphatic heterocycles. The van der Waals surface area contributed by atoms with Crippen LogP contribution in [0.5, 0.6) is 0 Å². The van der Waals surface area contributed by atoms with Gasteiger partial charge in [0.1, 0.15) is 12.2 Å². The summed E-state index contributed by atoms with van der Waals surface area (Å²) < 4.78 is 115. The van der Waals surface area contributed by atoms with Crippen LogP contribution in [0.25, 0.3) is 0 Å². The van der Waals surface area contributed by atoms with Crippen molar-refractivity contribution in [3.05, 3.63) is 11.6 Å². The highest BCUT2D eigenvalue weighted by atomic mass is 32.3. The highest BCUT2D eigenvalue weighted by molar-refractivity contribution is 7.81. The van der Waals surface area contributed by atoms with Crippen molar-refractivity contribution in [2.24, 2.45) is 45.8 Å². The first kappa shape index (κ1) is 35.2. The number of hydrogen-bond acceptors (Lipinski definition) is 9. The Hall–Kier alpha value is -0.650. The van der Waals surface area contributed by atoms with Gasteiger partial charge in [0.2, 0.25) is 0 Å². The van der Waals surface area contributed by atoms with E-state index >= 15 is 0 Å². The molecule has 43 heavy (non-hydrogen) atoms. The van der Waals surface area contributed by atoms with Gasteiger partial charge in [-0.3, -0.25) is 13.7 Å². The van der Waals surface area contributed by atoms with Gasteiger partial charge in [-0.2, -0.15) is 25.3 Å². The molecule has 4 aliphatic rings. The van der Waals surface area contributed by atoms with Crippen molar-refractivity contribution in [2.45, 2.75) is 118 Å². The van der Waals surface area contributed by atoms with E-state index in [4.69, 9.17) is 12.5 Å². The maximum Gasteiger partial charge on any atom is 0.397 e. The van der Waals surface area contributed by atoms with Crippen molar-refractivity contribution in [3.8, 4) is 0 Å². The lowest BCUT2D eigenvalue weighted by atomic mass is 9.43. The fourth-order valence-electron chi connectivity index (χ4n) is 9.65. The Morgan fingerprint density at radius 1 is 0.814 bits per heavy atom. The van der Waals surface area contributed by atoms with Crippen LogP contribution in [-0.4, -0.2) is 57.2 Å². The number of rotatable bonds is 11. The third kappa shape index (κ3) is 7.19. The summed E-state index contributed by atoms with van der Waals surface area (Å²) in [7, 11) is -15.1. The normalized spacial score (nSPS) is 40.8. The van der Waals surface area contributed by atoms with E-state index in [0.29, 0.717) is 17.8 Å². The first-order chi connectivity index (χ1) is 19.5. The fraction of sp³-hybridized carbons (Fsp3) is 0.929. The Kier molecular flexibility index (Phi) is 9.71. The molecule has 0 aromatic rings. The van der Waals surface area contributed by atoms with Crippen molar-refractivity contribution in [1.82, 2.24) is 0 Å². The maximum absolute atomic E-state index is 12.1. The van der Waals surface area contributed by atoms with E-state index in [1.54, 1.807) is 0 Å². The molecule has 250 valence electrons. The topological polar surface area (TPSA) is 191 Å². The first-order valence-corrected chi connectivity index (χ1v) is 19.3. The quantitative estimate of drug-likeness (QED) is 0.192. The average Bonchev–Trinajstić information content (AvgIpc) is 3.08. The van der Waals surface area contributed by atoms with E-state index in [9.17, 15) is 38.9 Å². The Morgan fingerprint density at radius 3 is 1.93 bits per heavy atom. The van der Waals surface area contributed by atoms with E-state index in [1.807, 2.05) is 6.92 Å². The molecule has 0 aromatic carbocycles. The molecular weight excluding hydrogens is 624 g/mol. The van der Waals surface area contributed by atoms with Crippen molar-refractivity contribution in [2.75, 3.05) is 0 Å². The molecule has 0 bridgehead atoms. The SMILES string of the molecule is CC(C)CCC[C@@H](C)[C@H]1CC[C@@]2(C)[C@@H]3C[C@H](OS(=O)(=O)O)C4C[C@H](OS(=O)(=O)O)[C@@H](OS(=O)(=O)O)C[C@]4(C)C3=CC[C@]12C. The van der Waals surface area contributed by atoms with Gasteiger partial charge in [-0.05, 0) is 84.4 Å². The molecule has 15 heteroatoms. The second-order valence-corrected chi connectivity index (χ2v) is 17.7. The molecule has 3 saturated carbocycles. The second-order valence-electron chi connectivity index (χ2n) is 14.6. The van der Waals surface area contributed by atoms with Gasteiger partial charge in [-0.15, -0.1) is 0 Å². The largest absolute Gasteiger partial charge is 0.397 e. The molecule has 10 atom stereocenters. The highest BCUT2D eigenvalue weighted by Gasteiger charge is 2.66. The van der Waals surface area contributed by atoms with Crippen LogP contribution in [0.2, 0.25) is 0 Å². The second kappa shape index (κ2) is 11.9. The van der Waals surface area contributed by atoms with Gasteiger partial charge in [-0.1, -0.05) is 72.5 Å². The molecule has 0 heterocycles. The summed E-state index contributed by atoms with van der Waals surface area (Å²) in [4.78, 5) is 0. The minimum Gasteiger partial charge on any atom is -0.264 e. The summed E-state index contributed by atoms with van der Waals surface area (Å²) >= 11 is 0. The van der Waals surface area contributed by atoms with Crippen LogP contribution in [-0.2, 0) is 43.7 Å². The van der Waals surface area contributed by atoms with Gasteiger partial charge >= 0.3 is 31.2 Å². The summed E-state index contributed by atoms with van der Waals surface area (Å²) in [5.74, 6) is 0.614. The van der Waals surface area contributed by atoms with Gasteiger partial charge in [0, 0.05) is 0 Å². The van der Waals surface area contributed by atoms with E-state index in [2.05, 4.69) is 40.7 Å². The lowest BCUT2D eigenvalue weighted by molar-refractivity contribution is -0.122. The van der Waals surface area contributed by atoms with Crippen LogP contribution < -0.4 is 0 Å². The Balaban J connectivity index is 1.76. The van der Waals surface area contributed by atoms with E-state index in [0.717, 1.165) is 37.7 Å². The van der Waals surface area contributed by atoms with Crippen LogP contribution in [0.15, 0.2) is 11.6 Å². The molecule has 0 saturated heterocycles. The van der Waals surface area contributed by atoms with Crippen molar-refractivity contribution in [3.63, 3.8) is 0 Å². The summed E-state index contributed by atoms with van der Waals surface area (Å²) in [5.41, 5.74) is -0.378.